The van der Waals surface area contributed by atoms with E-state index < -0.39 is 5.60 Å². The summed E-state index contributed by atoms with van der Waals surface area (Å²) in [7, 11) is 0. The number of rotatable bonds is 3. The molecule has 1 aromatic rings. The molecule has 3 heterocycles. The Kier molecular flexibility index (Phi) is 5.01. The Balaban J connectivity index is 1.73. The second kappa shape index (κ2) is 6.84. The van der Waals surface area contributed by atoms with Crippen LogP contribution in [0.2, 0.25) is 0 Å². The number of β-amino-alcohol motifs (C(OH)–C–C–N with tert-alkyl or cyclic N) is 1. The summed E-state index contributed by atoms with van der Waals surface area (Å²) in [5.41, 5.74) is -0.227. The zero-order valence-corrected chi connectivity index (χ0v) is 14.7. The van der Waals surface area contributed by atoms with E-state index in [1.807, 2.05) is 13.8 Å². The van der Waals surface area contributed by atoms with Crippen molar-refractivity contribution in [2.75, 3.05) is 45.9 Å². The Morgan fingerprint density at radius 3 is 2.74 bits per heavy atom. The van der Waals surface area contributed by atoms with Gasteiger partial charge in [0.05, 0.1) is 30.5 Å². The molecule has 23 heavy (non-hydrogen) atoms. The number of aliphatic hydroxyl groups is 1. The Labute approximate surface area is 141 Å². The number of carbonyl (C=O) groups excluding carboxylic acids is 1. The molecule has 0 aliphatic carbocycles. The second-order valence-electron chi connectivity index (χ2n) is 6.63. The van der Waals surface area contributed by atoms with E-state index in [9.17, 15) is 9.90 Å². The third-order valence-electron chi connectivity index (χ3n) is 4.46. The number of nitrogens with zero attached hydrogens (tertiary/aromatic N) is 3. The van der Waals surface area contributed by atoms with Crippen molar-refractivity contribution in [1.29, 1.82) is 0 Å². The topological polar surface area (TPSA) is 65.9 Å². The van der Waals surface area contributed by atoms with Gasteiger partial charge in [-0.3, -0.25) is 4.79 Å². The molecular formula is C16H25N3O3S. The minimum absolute atomic E-state index is 0.0431. The van der Waals surface area contributed by atoms with Crippen LogP contribution in [-0.2, 0) is 4.74 Å². The number of thiazole rings is 1. The highest BCUT2D eigenvalue weighted by Gasteiger charge is 2.37. The number of amides is 1. The van der Waals surface area contributed by atoms with E-state index in [1.54, 1.807) is 4.90 Å². The predicted octanol–water partition coefficient (Wildman–Crippen LogP) is 1.06. The third kappa shape index (κ3) is 3.91. The van der Waals surface area contributed by atoms with Crippen molar-refractivity contribution in [2.45, 2.75) is 32.3 Å². The van der Waals surface area contributed by atoms with E-state index in [2.05, 4.69) is 9.88 Å². The van der Waals surface area contributed by atoms with Crippen LogP contribution in [-0.4, -0.2) is 77.3 Å². The maximum atomic E-state index is 12.8. The first-order chi connectivity index (χ1) is 11.0. The van der Waals surface area contributed by atoms with Gasteiger partial charge in [0.1, 0.15) is 10.5 Å². The van der Waals surface area contributed by atoms with Crippen LogP contribution < -0.4 is 0 Å². The maximum absolute atomic E-state index is 12.8. The molecule has 2 aliphatic rings. The molecule has 7 heteroatoms. The standard InChI is InChI=1S/C16H25N3O3S/c1-12-14(23-13(2)17-12)15(20)19-7-8-22-11-16(21,10-19)9-18-5-3-4-6-18/h21H,3-11H2,1-2H3. The van der Waals surface area contributed by atoms with Crippen molar-refractivity contribution in [3.05, 3.63) is 15.6 Å². The van der Waals surface area contributed by atoms with Crippen LogP contribution in [0, 0.1) is 13.8 Å². The quantitative estimate of drug-likeness (QED) is 0.892. The summed E-state index contributed by atoms with van der Waals surface area (Å²) in [5, 5.41) is 11.9. The number of hydrogen-bond donors (Lipinski definition) is 1. The molecule has 0 bridgehead atoms. The molecule has 1 atom stereocenters. The molecule has 6 nitrogen and oxygen atoms in total. The highest BCUT2D eigenvalue weighted by atomic mass is 32.1. The molecule has 128 valence electrons. The zero-order chi connectivity index (χ0) is 16.4. The van der Waals surface area contributed by atoms with Crippen LogP contribution in [0.5, 0.6) is 0 Å². The largest absolute Gasteiger partial charge is 0.384 e. The van der Waals surface area contributed by atoms with Gasteiger partial charge < -0.3 is 19.6 Å². The molecule has 0 spiro atoms. The normalized spacial score (nSPS) is 26.5. The number of carbonyl (C=O) groups is 1. The van der Waals surface area contributed by atoms with Crippen LogP contribution in [0.25, 0.3) is 0 Å². The van der Waals surface area contributed by atoms with E-state index in [0.717, 1.165) is 23.8 Å². The van der Waals surface area contributed by atoms with E-state index in [1.165, 1.54) is 24.2 Å². The van der Waals surface area contributed by atoms with Crippen molar-refractivity contribution in [3.8, 4) is 0 Å². The smallest absolute Gasteiger partial charge is 0.266 e. The van der Waals surface area contributed by atoms with Gasteiger partial charge in [-0.2, -0.15) is 0 Å². The van der Waals surface area contributed by atoms with E-state index in [4.69, 9.17) is 4.74 Å². The van der Waals surface area contributed by atoms with Gasteiger partial charge in [-0.05, 0) is 39.8 Å². The zero-order valence-electron chi connectivity index (χ0n) is 13.9. The lowest BCUT2D eigenvalue weighted by molar-refractivity contribution is -0.0524. The van der Waals surface area contributed by atoms with Crippen LogP contribution >= 0.6 is 11.3 Å². The van der Waals surface area contributed by atoms with Crippen molar-refractivity contribution < 1.29 is 14.6 Å². The summed E-state index contributed by atoms with van der Waals surface area (Å²) >= 11 is 1.42. The average Bonchev–Trinajstić information content (AvgIpc) is 3.05. The number of aryl methyl sites for hydroxylation is 2. The first-order valence-electron chi connectivity index (χ1n) is 8.23. The van der Waals surface area contributed by atoms with E-state index >= 15 is 0 Å². The molecule has 0 saturated carbocycles. The van der Waals surface area contributed by atoms with Crippen molar-refractivity contribution >= 4 is 17.2 Å². The van der Waals surface area contributed by atoms with E-state index in [0.29, 0.717) is 31.1 Å². The number of aromatic nitrogens is 1. The van der Waals surface area contributed by atoms with Gasteiger partial charge in [-0.15, -0.1) is 11.3 Å². The molecule has 2 saturated heterocycles. The highest BCUT2D eigenvalue weighted by Crippen LogP contribution is 2.23. The minimum atomic E-state index is -0.996. The first-order valence-corrected chi connectivity index (χ1v) is 9.04. The Morgan fingerprint density at radius 2 is 2.09 bits per heavy atom. The second-order valence-corrected chi connectivity index (χ2v) is 7.84. The van der Waals surface area contributed by atoms with Gasteiger partial charge in [-0.1, -0.05) is 0 Å². The lowest BCUT2D eigenvalue weighted by Crippen LogP contribution is -2.53. The predicted molar refractivity (Wildman–Crippen MR) is 88.9 cm³/mol. The molecule has 1 N–H and O–H groups in total. The molecule has 1 amide bonds. The molecule has 0 radical (unpaired) electrons. The fourth-order valence-electron chi connectivity index (χ4n) is 3.42. The Hall–Kier alpha value is -1.02. The number of ether oxygens (including phenoxy) is 1. The molecule has 0 aromatic carbocycles. The lowest BCUT2D eigenvalue weighted by Gasteiger charge is -2.33. The van der Waals surface area contributed by atoms with Gasteiger partial charge in [0, 0.05) is 13.1 Å². The average molecular weight is 339 g/mol. The van der Waals surface area contributed by atoms with Crippen molar-refractivity contribution in [2.24, 2.45) is 0 Å². The number of likely N-dealkylation sites (tertiary alicyclic amines) is 1. The molecular weight excluding hydrogens is 314 g/mol. The van der Waals surface area contributed by atoms with Gasteiger partial charge >= 0.3 is 0 Å². The highest BCUT2D eigenvalue weighted by molar-refractivity contribution is 7.13. The third-order valence-corrected chi connectivity index (χ3v) is 5.52. The van der Waals surface area contributed by atoms with Gasteiger partial charge in [-0.25, -0.2) is 4.98 Å². The summed E-state index contributed by atoms with van der Waals surface area (Å²) in [5.74, 6) is -0.0431. The first kappa shape index (κ1) is 16.8. The van der Waals surface area contributed by atoms with Crippen molar-refractivity contribution in [1.82, 2.24) is 14.8 Å². The summed E-state index contributed by atoms with van der Waals surface area (Å²) in [6, 6.07) is 0. The van der Waals surface area contributed by atoms with Gasteiger partial charge in [0.15, 0.2) is 0 Å². The molecule has 1 aromatic heterocycles. The molecule has 3 rings (SSSR count). The van der Waals surface area contributed by atoms with Crippen LogP contribution in [0.4, 0.5) is 0 Å². The SMILES string of the molecule is Cc1nc(C)c(C(=O)N2CCOCC(O)(CN3CCCC3)C2)s1. The van der Waals surface area contributed by atoms with Crippen LogP contribution in [0.1, 0.15) is 33.2 Å². The van der Waals surface area contributed by atoms with Crippen molar-refractivity contribution in [3.63, 3.8) is 0 Å². The number of hydrogen-bond acceptors (Lipinski definition) is 6. The monoisotopic (exact) mass is 339 g/mol. The Morgan fingerprint density at radius 1 is 1.35 bits per heavy atom. The fourth-order valence-corrected chi connectivity index (χ4v) is 4.30. The molecule has 2 aliphatic heterocycles. The van der Waals surface area contributed by atoms with Crippen LogP contribution in [0.15, 0.2) is 0 Å². The lowest BCUT2D eigenvalue weighted by atomic mass is 10.0. The van der Waals surface area contributed by atoms with Gasteiger partial charge in [0.25, 0.3) is 5.91 Å². The molecule has 2 fully saturated rings. The van der Waals surface area contributed by atoms with Crippen LogP contribution in [0.3, 0.4) is 0 Å². The maximum Gasteiger partial charge on any atom is 0.266 e. The summed E-state index contributed by atoms with van der Waals surface area (Å²) < 4.78 is 5.59. The Bertz CT molecular complexity index is 571. The minimum Gasteiger partial charge on any atom is -0.384 e. The van der Waals surface area contributed by atoms with Gasteiger partial charge in [0.2, 0.25) is 0 Å². The van der Waals surface area contributed by atoms with E-state index in [-0.39, 0.29) is 12.5 Å². The fraction of sp³-hybridized carbons (Fsp3) is 0.750. The molecule has 1 unspecified atom stereocenters. The summed E-state index contributed by atoms with van der Waals surface area (Å²) in [6.07, 6.45) is 2.36. The summed E-state index contributed by atoms with van der Waals surface area (Å²) in [4.78, 5) is 21.8. The summed E-state index contributed by atoms with van der Waals surface area (Å²) in [6.45, 7) is 7.95.